The standard InChI is InChI=1S/C17H13N3O/c1-2-7-13(8-3-1)17(16-11-6-12-21-16)20-18-14-9-4-5-10-15(14)19-20/h1-12,17H. The number of furan rings is 1. The molecule has 0 spiro atoms. The molecule has 0 saturated carbocycles. The number of benzene rings is 2. The van der Waals surface area contributed by atoms with E-state index in [1.54, 1.807) is 11.1 Å². The fourth-order valence-corrected chi connectivity index (χ4v) is 2.49. The first-order valence-corrected chi connectivity index (χ1v) is 6.82. The van der Waals surface area contributed by atoms with Crippen molar-refractivity contribution in [1.82, 2.24) is 15.0 Å². The van der Waals surface area contributed by atoms with Crippen LogP contribution in [0.2, 0.25) is 0 Å². The molecule has 0 radical (unpaired) electrons. The zero-order chi connectivity index (χ0) is 14.1. The summed E-state index contributed by atoms with van der Waals surface area (Å²) < 4.78 is 5.60. The summed E-state index contributed by atoms with van der Waals surface area (Å²) in [6, 6.07) is 21.7. The van der Waals surface area contributed by atoms with E-state index in [1.165, 1.54) is 0 Å². The summed E-state index contributed by atoms with van der Waals surface area (Å²) in [6.45, 7) is 0. The first-order chi connectivity index (χ1) is 10.4. The minimum atomic E-state index is -0.159. The van der Waals surface area contributed by atoms with E-state index < -0.39 is 0 Å². The molecule has 4 nitrogen and oxygen atoms in total. The molecule has 4 rings (SSSR count). The van der Waals surface area contributed by atoms with Crippen molar-refractivity contribution in [3.63, 3.8) is 0 Å². The van der Waals surface area contributed by atoms with Gasteiger partial charge in [-0.3, -0.25) is 0 Å². The van der Waals surface area contributed by atoms with E-state index in [1.807, 2.05) is 54.6 Å². The maximum absolute atomic E-state index is 5.60. The topological polar surface area (TPSA) is 43.9 Å². The lowest BCUT2D eigenvalue weighted by molar-refractivity contribution is 0.416. The quantitative estimate of drug-likeness (QED) is 0.573. The lowest BCUT2D eigenvalue weighted by atomic mass is 10.1. The molecule has 0 N–H and O–H groups in total. The molecule has 0 amide bonds. The van der Waals surface area contributed by atoms with Crippen molar-refractivity contribution in [2.45, 2.75) is 6.04 Å². The van der Waals surface area contributed by atoms with Gasteiger partial charge in [0.1, 0.15) is 16.8 Å². The summed E-state index contributed by atoms with van der Waals surface area (Å²) in [5, 5.41) is 9.18. The van der Waals surface area contributed by atoms with E-state index in [0.717, 1.165) is 22.4 Å². The molecule has 1 unspecified atom stereocenters. The molecule has 4 heteroatoms. The summed E-state index contributed by atoms with van der Waals surface area (Å²) in [4.78, 5) is 1.72. The lowest BCUT2D eigenvalue weighted by Crippen LogP contribution is -2.14. The number of aromatic nitrogens is 3. The van der Waals surface area contributed by atoms with Crippen LogP contribution in [0.25, 0.3) is 11.0 Å². The van der Waals surface area contributed by atoms with Crippen molar-refractivity contribution < 1.29 is 4.42 Å². The molecule has 4 aromatic rings. The van der Waals surface area contributed by atoms with Crippen molar-refractivity contribution in [2.24, 2.45) is 0 Å². The monoisotopic (exact) mass is 275 g/mol. The van der Waals surface area contributed by atoms with Gasteiger partial charge in [-0.1, -0.05) is 42.5 Å². The van der Waals surface area contributed by atoms with E-state index in [2.05, 4.69) is 22.3 Å². The van der Waals surface area contributed by atoms with Crippen LogP contribution in [0.5, 0.6) is 0 Å². The predicted molar refractivity (Wildman–Crippen MR) is 79.9 cm³/mol. The van der Waals surface area contributed by atoms with Crippen LogP contribution in [0, 0.1) is 0 Å². The van der Waals surface area contributed by atoms with Crippen LogP contribution in [-0.4, -0.2) is 15.0 Å². The maximum Gasteiger partial charge on any atom is 0.154 e. The molecule has 0 bridgehead atoms. The van der Waals surface area contributed by atoms with Crippen molar-refractivity contribution in [3.8, 4) is 0 Å². The van der Waals surface area contributed by atoms with Crippen LogP contribution < -0.4 is 0 Å². The van der Waals surface area contributed by atoms with Crippen molar-refractivity contribution in [3.05, 3.63) is 84.3 Å². The smallest absolute Gasteiger partial charge is 0.154 e. The molecular formula is C17H13N3O. The van der Waals surface area contributed by atoms with Gasteiger partial charge >= 0.3 is 0 Å². The second-order valence-electron chi connectivity index (χ2n) is 4.84. The molecule has 1 atom stereocenters. The summed E-state index contributed by atoms with van der Waals surface area (Å²) in [5.41, 5.74) is 2.85. The fourth-order valence-electron chi connectivity index (χ4n) is 2.49. The Hall–Kier alpha value is -2.88. The van der Waals surface area contributed by atoms with Crippen LogP contribution in [0.15, 0.2) is 77.4 Å². The largest absolute Gasteiger partial charge is 0.467 e. The normalized spacial score (nSPS) is 12.6. The number of fused-ring (bicyclic) bond motifs is 1. The lowest BCUT2D eigenvalue weighted by Gasteiger charge is -2.14. The first-order valence-electron chi connectivity index (χ1n) is 6.82. The van der Waals surface area contributed by atoms with Crippen LogP contribution in [0.3, 0.4) is 0 Å². The third-order valence-electron chi connectivity index (χ3n) is 3.46. The molecule has 0 aliphatic rings. The molecule has 0 aliphatic carbocycles. The van der Waals surface area contributed by atoms with Gasteiger partial charge in [0, 0.05) is 0 Å². The Morgan fingerprint density at radius 3 is 2.05 bits per heavy atom. The molecule has 2 aromatic carbocycles. The number of hydrogen-bond donors (Lipinski definition) is 0. The Balaban J connectivity index is 1.90. The maximum atomic E-state index is 5.60. The van der Waals surface area contributed by atoms with Gasteiger partial charge in [0.05, 0.1) is 6.26 Å². The van der Waals surface area contributed by atoms with Crippen molar-refractivity contribution in [2.75, 3.05) is 0 Å². The molecule has 2 aromatic heterocycles. The molecule has 0 aliphatic heterocycles. The fraction of sp³-hybridized carbons (Fsp3) is 0.0588. The third-order valence-corrected chi connectivity index (χ3v) is 3.46. The highest BCUT2D eigenvalue weighted by Crippen LogP contribution is 2.26. The third kappa shape index (κ3) is 2.10. The zero-order valence-electron chi connectivity index (χ0n) is 11.3. The van der Waals surface area contributed by atoms with Crippen LogP contribution in [-0.2, 0) is 0 Å². The minimum absolute atomic E-state index is 0.159. The van der Waals surface area contributed by atoms with E-state index in [9.17, 15) is 0 Å². The zero-order valence-corrected chi connectivity index (χ0v) is 11.3. The van der Waals surface area contributed by atoms with Crippen LogP contribution in [0.1, 0.15) is 17.4 Å². The van der Waals surface area contributed by atoms with Gasteiger partial charge in [-0.15, -0.1) is 0 Å². The van der Waals surface area contributed by atoms with E-state index in [4.69, 9.17) is 4.42 Å². The molecular weight excluding hydrogens is 262 g/mol. The average molecular weight is 275 g/mol. The highest BCUT2D eigenvalue weighted by Gasteiger charge is 2.21. The van der Waals surface area contributed by atoms with Gasteiger partial charge in [-0.2, -0.15) is 15.0 Å². The molecule has 2 heterocycles. The molecule has 102 valence electrons. The highest BCUT2D eigenvalue weighted by molar-refractivity contribution is 5.73. The van der Waals surface area contributed by atoms with Crippen molar-refractivity contribution in [1.29, 1.82) is 0 Å². The van der Waals surface area contributed by atoms with Gasteiger partial charge < -0.3 is 4.42 Å². The molecule has 0 saturated heterocycles. The molecule has 0 fully saturated rings. The molecule has 21 heavy (non-hydrogen) atoms. The summed E-state index contributed by atoms with van der Waals surface area (Å²) in [7, 11) is 0. The minimum Gasteiger partial charge on any atom is -0.467 e. The second-order valence-corrected chi connectivity index (χ2v) is 4.84. The number of rotatable bonds is 3. The SMILES string of the molecule is c1ccc(C(c2ccco2)n2nc3ccccc3n2)cc1. The van der Waals surface area contributed by atoms with Gasteiger partial charge in [-0.25, -0.2) is 0 Å². The van der Waals surface area contributed by atoms with Gasteiger partial charge in [0.2, 0.25) is 0 Å². The first kappa shape index (κ1) is 11.9. The number of nitrogens with zero attached hydrogens (tertiary/aromatic N) is 3. The highest BCUT2D eigenvalue weighted by atomic mass is 16.3. The Labute approximate surface area is 121 Å². The van der Waals surface area contributed by atoms with E-state index in [-0.39, 0.29) is 6.04 Å². The van der Waals surface area contributed by atoms with Crippen molar-refractivity contribution >= 4 is 11.0 Å². The predicted octanol–water partition coefficient (Wildman–Crippen LogP) is 3.66. The van der Waals surface area contributed by atoms with Crippen LogP contribution >= 0.6 is 0 Å². The van der Waals surface area contributed by atoms with Crippen LogP contribution in [0.4, 0.5) is 0 Å². The average Bonchev–Trinajstić information content (AvgIpc) is 3.18. The Bertz CT molecular complexity index is 817. The summed E-state index contributed by atoms with van der Waals surface area (Å²) >= 11 is 0. The second kappa shape index (κ2) is 4.90. The Kier molecular flexibility index (Phi) is 2.78. The van der Waals surface area contributed by atoms with E-state index in [0.29, 0.717) is 0 Å². The van der Waals surface area contributed by atoms with Gasteiger partial charge in [-0.05, 0) is 29.8 Å². The van der Waals surface area contributed by atoms with Gasteiger partial charge in [0.15, 0.2) is 6.04 Å². The Morgan fingerprint density at radius 2 is 1.43 bits per heavy atom. The number of hydrogen-bond acceptors (Lipinski definition) is 3. The summed E-state index contributed by atoms with van der Waals surface area (Å²) in [5.74, 6) is 0.821. The van der Waals surface area contributed by atoms with E-state index >= 15 is 0 Å². The Morgan fingerprint density at radius 1 is 0.762 bits per heavy atom. The summed E-state index contributed by atoms with van der Waals surface area (Å²) in [6.07, 6.45) is 1.68. The van der Waals surface area contributed by atoms with Gasteiger partial charge in [0.25, 0.3) is 0 Å².